The van der Waals surface area contributed by atoms with Crippen LogP contribution in [0, 0.1) is 0 Å². The summed E-state index contributed by atoms with van der Waals surface area (Å²) in [5, 5.41) is 8.56. The zero-order valence-electron chi connectivity index (χ0n) is 7.08. The van der Waals surface area contributed by atoms with E-state index in [1.54, 1.807) is 6.07 Å². The fourth-order valence-electron chi connectivity index (χ4n) is 1.16. The van der Waals surface area contributed by atoms with Crippen molar-refractivity contribution in [3.05, 3.63) is 46.1 Å². The first kappa shape index (κ1) is 9.49. The van der Waals surface area contributed by atoms with E-state index in [2.05, 4.69) is 10.2 Å². The van der Waals surface area contributed by atoms with Gasteiger partial charge in [-0.3, -0.25) is 0 Å². The molecule has 3 nitrogen and oxygen atoms in total. The Morgan fingerprint density at radius 1 is 1.14 bits per heavy atom. The third-order valence-electron chi connectivity index (χ3n) is 1.68. The molecule has 5 heteroatoms. The first-order valence-corrected chi connectivity index (χ1v) is 4.69. The SMILES string of the molecule is Clc1cc(Cl)cc(Cc2nnco2)c1. The van der Waals surface area contributed by atoms with Gasteiger partial charge in [0.15, 0.2) is 0 Å². The van der Waals surface area contributed by atoms with Crippen LogP contribution in [0.3, 0.4) is 0 Å². The van der Waals surface area contributed by atoms with Crippen LogP contribution in [-0.2, 0) is 6.42 Å². The van der Waals surface area contributed by atoms with Crippen molar-refractivity contribution in [1.29, 1.82) is 0 Å². The van der Waals surface area contributed by atoms with Crippen molar-refractivity contribution in [2.45, 2.75) is 6.42 Å². The molecule has 14 heavy (non-hydrogen) atoms. The highest BCUT2D eigenvalue weighted by Gasteiger charge is 2.03. The highest BCUT2D eigenvalue weighted by molar-refractivity contribution is 6.34. The third kappa shape index (κ3) is 2.25. The summed E-state index contributed by atoms with van der Waals surface area (Å²) in [5.74, 6) is 0.545. The van der Waals surface area contributed by atoms with E-state index in [4.69, 9.17) is 27.6 Å². The molecule has 1 aromatic heterocycles. The van der Waals surface area contributed by atoms with Crippen LogP contribution in [0.15, 0.2) is 29.0 Å². The topological polar surface area (TPSA) is 38.9 Å². The predicted molar refractivity (Wildman–Crippen MR) is 53.6 cm³/mol. The molecule has 0 aliphatic rings. The highest BCUT2D eigenvalue weighted by atomic mass is 35.5. The van der Waals surface area contributed by atoms with Crippen LogP contribution in [0.25, 0.3) is 0 Å². The molecule has 0 spiro atoms. The van der Waals surface area contributed by atoms with E-state index in [9.17, 15) is 0 Å². The van der Waals surface area contributed by atoms with Crippen LogP contribution >= 0.6 is 23.2 Å². The number of benzene rings is 1. The van der Waals surface area contributed by atoms with E-state index in [1.165, 1.54) is 6.39 Å². The first-order valence-electron chi connectivity index (χ1n) is 3.94. The Morgan fingerprint density at radius 3 is 2.43 bits per heavy atom. The average Bonchev–Trinajstić information content (AvgIpc) is 2.54. The van der Waals surface area contributed by atoms with Crippen LogP contribution in [0.1, 0.15) is 11.5 Å². The second-order valence-corrected chi connectivity index (χ2v) is 3.66. The summed E-state index contributed by atoms with van der Waals surface area (Å²) in [6.45, 7) is 0. The largest absolute Gasteiger partial charge is 0.428 e. The lowest BCUT2D eigenvalue weighted by Gasteiger charge is -1.99. The van der Waals surface area contributed by atoms with Crippen molar-refractivity contribution in [3.63, 3.8) is 0 Å². The molecule has 1 heterocycles. The van der Waals surface area contributed by atoms with Crippen molar-refractivity contribution in [1.82, 2.24) is 10.2 Å². The van der Waals surface area contributed by atoms with Crippen LogP contribution in [0.5, 0.6) is 0 Å². The zero-order valence-corrected chi connectivity index (χ0v) is 8.59. The van der Waals surface area contributed by atoms with Gasteiger partial charge < -0.3 is 4.42 Å². The van der Waals surface area contributed by atoms with Crippen molar-refractivity contribution < 1.29 is 4.42 Å². The summed E-state index contributed by atoms with van der Waals surface area (Å²) >= 11 is 11.7. The maximum absolute atomic E-state index is 5.84. The minimum Gasteiger partial charge on any atom is -0.428 e. The van der Waals surface area contributed by atoms with Crippen LogP contribution < -0.4 is 0 Å². The van der Waals surface area contributed by atoms with Gasteiger partial charge >= 0.3 is 0 Å². The molecule has 0 unspecified atom stereocenters. The molecule has 1 aromatic carbocycles. The first-order chi connectivity index (χ1) is 6.74. The number of aromatic nitrogens is 2. The summed E-state index contributed by atoms with van der Waals surface area (Å²) in [6, 6.07) is 5.32. The normalized spacial score (nSPS) is 10.4. The summed E-state index contributed by atoms with van der Waals surface area (Å²) in [6.07, 6.45) is 1.84. The van der Waals surface area contributed by atoms with Crippen molar-refractivity contribution in [2.75, 3.05) is 0 Å². The maximum Gasteiger partial charge on any atom is 0.220 e. The average molecular weight is 229 g/mol. The lowest BCUT2D eigenvalue weighted by Crippen LogP contribution is -1.88. The highest BCUT2D eigenvalue weighted by Crippen LogP contribution is 2.20. The monoisotopic (exact) mass is 228 g/mol. The molecular formula is C9H6Cl2N2O. The fourth-order valence-corrected chi connectivity index (χ4v) is 1.73. The molecule has 0 amide bonds. The van der Waals surface area contributed by atoms with E-state index < -0.39 is 0 Å². The fraction of sp³-hybridized carbons (Fsp3) is 0.111. The number of nitrogens with zero attached hydrogens (tertiary/aromatic N) is 2. The quantitative estimate of drug-likeness (QED) is 0.794. The van der Waals surface area contributed by atoms with Crippen LogP contribution in [-0.4, -0.2) is 10.2 Å². The predicted octanol–water partition coefficient (Wildman–Crippen LogP) is 2.97. The van der Waals surface area contributed by atoms with Gasteiger partial charge in [0.05, 0.1) is 6.42 Å². The second-order valence-electron chi connectivity index (χ2n) is 2.79. The lowest BCUT2D eigenvalue weighted by molar-refractivity contribution is 0.505. The summed E-state index contributed by atoms with van der Waals surface area (Å²) in [4.78, 5) is 0. The Bertz CT molecular complexity index is 408. The summed E-state index contributed by atoms with van der Waals surface area (Å²) < 4.78 is 5.01. The minimum absolute atomic E-state index is 0.542. The van der Waals surface area contributed by atoms with Gasteiger partial charge in [-0.1, -0.05) is 23.2 Å². The molecule has 0 atom stereocenters. The molecule has 0 saturated heterocycles. The number of rotatable bonds is 2. The van der Waals surface area contributed by atoms with Crippen molar-refractivity contribution >= 4 is 23.2 Å². The second kappa shape index (κ2) is 3.98. The molecule has 2 rings (SSSR count). The van der Waals surface area contributed by atoms with Gasteiger partial charge in [-0.2, -0.15) is 0 Å². The molecule has 0 N–H and O–H groups in total. The number of hydrogen-bond acceptors (Lipinski definition) is 3. The van der Waals surface area contributed by atoms with Crippen molar-refractivity contribution in [3.8, 4) is 0 Å². The number of hydrogen-bond donors (Lipinski definition) is 0. The van der Waals surface area contributed by atoms with Crippen LogP contribution in [0.4, 0.5) is 0 Å². The van der Waals surface area contributed by atoms with Gasteiger partial charge in [0.1, 0.15) is 0 Å². The minimum atomic E-state index is 0.542. The molecule has 0 bridgehead atoms. The molecule has 72 valence electrons. The van der Waals surface area contributed by atoms with E-state index in [0.717, 1.165) is 5.56 Å². The van der Waals surface area contributed by atoms with Gasteiger partial charge in [-0.25, -0.2) is 0 Å². The Kier molecular flexibility index (Phi) is 2.70. The van der Waals surface area contributed by atoms with E-state index in [-0.39, 0.29) is 0 Å². The van der Waals surface area contributed by atoms with Crippen molar-refractivity contribution in [2.24, 2.45) is 0 Å². The van der Waals surface area contributed by atoms with Gasteiger partial charge in [0.2, 0.25) is 12.3 Å². The van der Waals surface area contributed by atoms with E-state index in [1.807, 2.05) is 12.1 Å². The maximum atomic E-state index is 5.84. The molecule has 0 saturated carbocycles. The zero-order chi connectivity index (χ0) is 9.97. The smallest absolute Gasteiger partial charge is 0.220 e. The van der Waals surface area contributed by atoms with Crippen LogP contribution in [0.2, 0.25) is 10.0 Å². The van der Waals surface area contributed by atoms with Gasteiger partial charge in [-0.05, 0) is 23.8 Å². The van der Waals surface area contributed by atoms with Gasteiger partial charge in [0.25, 0.3) is 0 Å². The molecule has 0 aliphatic carbocycles. The Balaban J connectivity index is 2.25. The third-order valence-corrected chi connectivity index (χ3v) is 2.12. The Morgan fingerprint density at radius 2 is 1.86 bits per heavy atom. The molecule has 2 aromatic rings. The molecule has 0 fully saturated rings. The van der Waals surface area contributed by atoms with E-state index in [0.29, 0.717) is 22.4 Å². The standard InChI is InChI=1S/C9H6Cl2N2O/c10-7-1-6(2-8(11)4-7)3-9-13-12-5-14-9/h1-2,4-5H,3H2. The Hall–Kier alpha value is -1.06. The molecular weight excluding hydrogens is 223 g/mol. The van der Waals surface area contributed by atoms with E-state index >= 15 is 0 Å². The summed E-state index contributed by atoms with van der Waals surface area (Å²) in [5.41, 5.74) is 0.951. The molecule has 0 aliphatic heterocycles. The van der Waals surface area contributed by atoms with Gasteiger partial charge in [-0.15, -0.1) is 10.2 Å². The van der Waals surface area contributed by atoms with Gasteiger partial charge in [0, 0.05) is 10.0 Å². The lowest BCUT2D eigenvalue weighted by atomic mass is 10.1. The summed E-state index contributed by atoms with van der Waals surface area (Å²) in [7, 11) is 0. The Labute approximate surface area is 90.7 Å². The molecule has 0 radical (unpaired) electrons. The number of halogens is 2.